The highest BCUT2D eigenvalue weighted by molar-refractivity contribution is 5.32. The van der Waals surface area contributed by atoms with Crippen LogP contribution in [0, 0.1) is 5.41 Å². The van der Waals surface area contributed by atoms with Crippen LogP contribution in [0.3, 0.4) is 0 Å². The lowest BCUT2D eigenvalue weighted by atomic mass is 9.87. The van der Waals surface area contributed by atoms with E-state index in [0.717, 1.165) is 5.56 Å². The maximum Gasteiger partial charge on any atom is 0.398 e. The Morgan fingerprint density at radius 1 is 1.00 bits per heavy atom. The molecule has 1 aromatic carbocycles. The summed E-state index contributed by atoms with van der Waals surface area (Å²) in [6, 6.07) is 6.94. The Morgan fingerprint density at radius 2 is 1.58 bits per heavy atom. The minimum Gasteiger partial charge on any atom is -0.433 e. The fourth-order valence-electron chi connectivity index (χ4n) is 1.85. The van der Waals surface area contributed by atoms with Crippen LogP contribution in [-0.2, 0) is 5.41 Å². The molecule has 0 aliphatic heterocycles. The Labute approximate surface area is 115 Å². The summed E-state index contributed by atoms with van der Waals surface area (Å²) in [5.41, 5.74) is 0.417. The van der Waals surface area contributed by atoms with Gasteiger partial charge in [0.25, 0.3) is 0 Å². The van der Waals surface area contributed by atoms with E-state index in [2.05, 4.69) is 0 Å². The molecule has 0 N–H and O–H groups in total. The van der Waals surface area contributed by atoms with Gasteiger partial charge in [-0.1, -0.05) is 53.7 Å². The average Bonchev–Trinajstić information content (AvgIpc) is 2.11. The molecule has 1 rings (SSSR count). The van der Waals surface area contributed by atoms with Gasteiger partial charge in [-0.15, -0.1) is 0 Å². The molecule has 3 heteroatoms. The molecule has 0 atom stereocenters. The van der Waals surface area contributed by atoms with Gasteiger partial charge in [-0.2, -0.15) is 8.78 Å². The summed E-state index contributed by atoms with van der Waals surface area (Å²) in [6.45, 7) is 11.4. The summed E-state index contributed by atoms with van der Waals surface area (Å²) >= 11 is 0. The van der Waals surface area contributed by atoms with Crippen molar-refractivity contribution in [1.82, 2.24) is 0 Å². The first-order valence-corrected chi connectivity index (χ1v) is 6.56. The van der Waals surface area contributed by atoms with Crippen molar-refractivity contribution >= 4 is 0 Å². The van der Waals surface area contributed by atoms with Gasteiger partial charge in [0.15, 0.2) is 0 Å². The monoisotopic (exact) mass is 270 g/mol. The summed E-state index contributed by atoms with van der Waals surface area (Å²) < 4.78 is 32.5. The summed E-state index contributed by atoms with van der Waals surface area (Å²) in [5.74, 6) is 0.224. The second-order valence-corrected chi connectivity index (χ2v) is 7.25. The molecule has 108 valence electrons. The standard InChI is InChI=1S/C16H24F2O/c1-14(2,3)11-16(17,18)19-13-9-7-8-12(10-13)15(4,5)6/h7-10H,11H2,1-6H3. The largest absolute Gasteiger partial charge is 0.433 e. The molecule has 1 aromatic rings. The van der Waals surface area contributed by atoms with Gasteiger partial charge in [0.05, 0.1) is 6.42 Å². The number of hydrogen-bond donors (Lipinski definition) is 0. The molecule has 0 heterocycles. The highest BCUT2D eigenvalue weighted by Crippen LogP contribution is 2.34. The topological polar surface area (TPSA) is 9.23 Å². The maximum absolute atomic E-state index is 13.8. The Kier molecular flexibility index (Phi) is 4.28. The maximum atomic E-state index is 13.8. The fourth-order valence-corrected chi connectivity index (χ4v) is 1.85. The lowest BCUT2D eigenvalue weighted by Gasteiger charge is -2.26. The van der Waals surface area contributed by atoms with Crippen LogP contribution in [0.4, 0.5) is 8.78 Å². The first kappa shape index (κ1) is 15.9. The van der Waals surface area contributed by atoms with E-state index in [4.69, 9.17) is 4.74 Å². The van der Waals surface area contributed by atoms with E-state index >= 15 is 0 Å². The Balaban J connectivity index is 2.88. The SMILES string of the molecule is CC(C)(C)CC(F)(F)Oc1cccc(C(C)(C)C)c1. The van der Waals surface area contributed by atoms with Gasteiger partial charge < -0.3 is 4.74 Å². The van der Waals surface area contributed by atoms with Crippen LogP contribution in [0.1, 0.15) is 53.5 Å². The van der Waals surface area contributed by atoms with Crippen LogP contribution in [0.25, 0.3) is 0 Å². The predicted molar refractivity (Wildman–Crippen MR) is 74.8 cm³/mol. The molecule has 0 aliphatic carbocycles. The molecule has 0 amide bonds. The zero-order valence-electron chi connectivity index (χ0n) is 12.7. The summed E-state index contributed by atoms with van der Waals surface area (Å²) in [6.07, 6.45) is -3.45. The quantitative estimate of drug-likeness (QED) is 0.715. The zero-order valence-corrected chi connectivity index (χ0v) is 12.7. The molecule has 0 saturated carbocycles. The van der Waals surface area contributed by atoms with Gasteiger partial charge in [0.2, 0.25) is 0 Å². The lowest BCUT2D eigenvalue weighted by Crippen LogP contribution is -2.30. The highest BCUT2D eigenvalue weighted by atomic mass is 19.3. The van der Waals surface area contributed by atoms with E-state index in [1.807, 2.05) is 26.8 Å². The summed E-state index contributed by atoms with van der Waals surface area (Å²) in [5, 5.41) is 0. The first-order valence-electron chi connectivity index (χ1n) is 6.56. The minimum absolute atomic E-state index is 0.0846. The molecule has 0 fully saturated rings. The number of ether oxygens (including phenoxy) is 1. The van der Waals surface area contributed by atoms with E-state index in [-0.39, 0.29) is 17.6 Å². The second kappa shape index (κ2) is 5.10. The molecule has 0 spiro atoms. The number of benzene rings is 1. The molecule has 0 unspecified atom stereocenters. The van der Waals surface area contributed by atoms with Crippen LogP contribution in [0.15, 0.2) is 24.3 Å². The van der Waals surface area contributed by atoms with Gasteiger partial charge in [-0.05, 0) is 28.5 Å². The van der Waals surface area contributed by atoms with Crippen molar-refractivity contribution in [3.63, 3.8) is 0 Å². The van der Waals surface area contributed by atoms with Crippen molar-refractivity contribution in [2.45, 2.75) is 59.5 Å². The minimum atomic E-state index is -3.14. The Bertz CT molecular complexity index is 425. The molecule has 0 radical (unpaired) electrons. The van der Waals surface area contributed by atoms with Crippen molar-refractivity contribution in [3.05, 3.63) is 29.8 Å². The van der Waals surface area contributed by atoms with Crippen LogP contribution in [0.2, 0.25) is 0 Å². The molecule has 0 aliphatic rings. The first-order chi connectivity index (χ1) is 8.39. The van der Waals surface area contributed by atoms with E-state index in [0.29, 0.717) is 0 Å². The van der Waals surface area contributed by atoms with Crippen LogP contribution in [-0.4, -0.2) is 6.11 Å². The normalized spacial score (nSPS) is 13.5. The van der Waals surface area contributed by atoms with E-state index in [9.17, 15) is 8.78 Å². The molecule has 1 nitrogen and oxygen atoms in total. The number of halogens is 2. The second-order valence-electron chi connectivity index (χ2n) is 7.25. The molecule has 0 bridgehead atoms. The van der Waals surface area contributed by atoms with Crippen molar-refractivity contribution in [2.24, 2.45) is 5.41 Å². The zero-order chi connectivity index (χ0) is 14.9. The number of rotatable bonds is 3. The van der Waals surface area contributed by atoms with Gasteiger partial charge >= 0.3 is 6.11 Å². The van der Waals surface area contributed by atoms with Gasteiger partial charge in [0.1, 0.15) is 5.75 Å². The fraction of sp³-hybridized carbons (Fsp3) is 0.625. The van der Waals surface area contributed by atoms with Gasteiger partial charge in [-0.3, -0.25) is 0 Å². The smallest absolute Gasteiger partial charge is 0.398 e. The molecular formula is C16H24F2O. The van der Waals surface area contributed by atoms with Gasteiger partial charge in [0, 0.05) is 0 Å². The van der Waals surface area contributed by atoms with Crippen LogP contribution < -0.4 is 4.74 Å². The summed E-state index contributed by atoms with van der Waals surface area (Å²) in [7, 11) is 0. The average molecular weight is 270 g/mol. The Morgan fingerprint density at radius 3 is 2.05 bits per heavy atom. The lowest BCUT2D eigenvalue weighted by molar-refractivity contribution is -0.195. The Hall–Kier alpha value is -1.12. The third-order valence-electron chi connectivity index (χ3n) is 2.70. The van der Waals surface area contributed by atoms with Crippen LogP contribution >= 0.6 is 0 Å². The van der Waals surface area contributed by atoms with Gasteiger partial charge in [-0.25, -0.2) is 0 Å². The van der Waals surface area contributed by atoms with Crippen molar-refractivity contribution in [3.8, 4) is 5.75 Å². The molecular weight excluding hydrogens is 246 g/mol. The molecule has 0 saturated heterocycles. The highest BCUT2D eigenvalue weighted by Gasteiger charge is 2.37. The van der Waals surface area contributed by atoms with Crippen molar-refractivity contribution in [2.75, 3.05) is 0 Å². The molecule has 19 heavy (non-hydrogen) atoms. The van der Waals surface area contributed by atoms with Crippen LogP contribution in [0.5, 0.6) is 5.75 Å². The summed E-state index contributed by atoms with van der Waals surface area (Å²) in [4.78, 5) is 0. The van der Waals surface area contributed by atoms with E-state index in [1.165, 1.54) is 0 Å². The van der Waals surface area contributed by atoms with E-state index < -0.39 is 11.5 Å². The van der Waals surface area contributed by atoms with Crippen molar-refractivity contribution < 1.29 is 13.5 Å². The number of alkyl halides is 2. The molecule has 0 aromatic heterocycles. The third-order valence-corrected chi connectivity index (χ3v) is 2.70. The van der Waals surface area contributed by atoms with E-state index in [1.54, 1.807) is 39.0 Å². The third kappa shape index (κ3) is 5.58. The predicted octanol–water partition coefficient (Wildman–Crippen LogP) is 5.39. The van der Waals surface area contributed by atoms with Crippen molar-refractivity contribution in [1.29, 1.82) is 0 Å². The number of hydrogen-bond acceptors (Lipinski definition) is 1.